The van der Waals surface area contributed by atoms with E-state index < -0.39 is 4.92 Å². The van der Waals surface area contributed by atoms with Crippen molar-refractivity contribution in [2.24, 2.45) is 0 Å². The third kappa shape index (κ3) is 4.18. The molecular formula is C22H21N5O2. The van der Waals surface area contributed by atoms with E-state index in [1.54, 1.807) is 12.1 Å². The molecule has 3 aromatic rings. The Balaban J connectivity index is 1.37. The minimum absolute atomic E-state index is 0.0420. The van der Waals surface area contributed by atoms with E-state index in [9.17, 15) is 15.4 Å². The van der Waals surface area contributed by atoms with Crippen LogP contribution in [0.2, 0.25) is 0 Å². The second-order valence-electron chi connectivity index (χ2n) is 7.20. The van der Waals surface area contributed by atoms with Crippen LogP contribution in [-0.2, 0) is 13.0 Å². The number of rotatable bonds is 6. The van der Waals surface area contributed by atoms with Crippen molar-refractivity contribution in [1.29, 1.82) is 5.26 Å². The lowest BCUT2D eigenvalue weighted by molar-refractivity contribution is -0.384. The lowest BCUT2D eigenvalue weighted by atomic mass is 10.00. The molecule has 0 radical (unpaired) electrons. The number of non-ortho nitro benzene ring substituents is 1. The summed E-state index contributed by atoms with van der Waals surface area (Å²) in [5.74, 6) is 0.617. The van der Waals surface area contributed by atoms with Crippen molar-refractivity contribution in [2.75, 3.05) is 25.0 Å². The maximum atomic E-state index is 11.0. The van der Waals surface area contributed by atoms with Gasteiger partial charge in [0.1, 0.15) is 5.82 Å². The molecule has 1 aliphatic heterocycles. The molecule has 0 bridgehead atoms. The first-order chi connectivity index (χ1) is 14.1. The highest BCUT2D eigenvalue weighted by Crippen LogP contribution is 2.25. The van der Waals surface area contributed by atoms with Crippen LogP contribution >= 0.6 is 0 Å². The van der Waals surface area contributed by atoms with Gasteiger partial charge in [-0.1, -0.05) is 24.3 Å². The minimum Gasteiger partial charge on any atom is -0.370 e. The molecule has 0 saturated heterocycles. The van der Waals surface area contributed by atoms with Crippen molar-refractivity contribution in [3.05, 3.63) is 75.3 Å². The van der Waals surface area contributed by atoms with Crippen LogP contribution in [0.3, 0.4) is 0 Å². The van der Waals surface area contributed by atoms with Crippen molar-refractivity contribution < 1.29 is 4.92 Å². The van der Waals surface area contributed by atoms with Crippen molar-refractivity contribution in [3.8, 4) is 6.07 Å². The number of nitrogens with zero attached hydrogens (tertiary/aromatic N) is 4. The first-order valence-corrected chi connectivity index (χ1v) is 9.66. The van der Waals surface area contributed by atoms with Crippen molar-refractivity contribution in [3.63, 3.8) is 0 Å². The summed E-state index contributed by atoms with van der Waals surface area (Å²) in [7, 11) is 0. The molecule has 0 amide bonds. The molecule has 1 aliphatic rings. The zero-order valence-corrected chi connectivity index (χ0v) is 16.0. The number of nitro groups is 1. The summed E-state index contributed by atoms with van der Waals surface area (Å²) >= 11 is 0. The molecule has 7 nitrogen and oxygen atoms in total. The summed E-state index contributed by atoms with van der Waals surface area (Å²) in [5.41, 5.74) is 3.78. The molecule has 0 fully saturated rings. The van der Waals surface area contributed by atoms with Crippen LogP contribution in [0.4, 0.5) is 11.5 Å². The summed E-state index contributed by atoms with van der Waals surface area (Å²) < 4.78 is 0. The number of anilines is 1. The third-order valence-corrected chi connectivity index (χ3v) is 5.29. The van der Waals surface area contributed by atoms with Gasteiger partial charge in [-0.05, 0) is 36.1 Å². The predicted molar refractivity (Wildman–Crippen MR) is 112 cm³/mol. The fraction of sp³-hybridized carbons (Fsp3) is 0.273. The molecule has 0 atom stereocenters. The third-order valence-electron chi connectivity index (χ3n) is 5.29. The maximum absolute atomic E-state index is 11.0. The zero-order chi connectivity index (χ0) is 20.2. The van der Waals surface area contributed by atoms with E-state index >= 15 is 0 Å². The SMILES string of the molecule is N#Cc1cc(NCCCN2CCc3ccccc3C2)nc2ccc([N+](=O)[O-])cc12. The molecule has 146 valence electrons. The summed E-state index contributed by atoms with van der Waals surface area (Å²) in [5, 5.41) is 24.2. The van der Waals surface area contributed by atoms with Crippen LogP contribution < -0.4 is 5.32 Å². The Morgan fingerprint density at radius 1 is 1.21 bits per heavy atom. The molecule has 0 saturated carbocycles. The first-order valence-electron chi connectivity index (χ1n) is 9.66. The Labute approximate surface area is 168 Å². The van der Waals surface area contributed by atoms with Crippen LogP contribution in [-0.4, -0.2) is 34.4 Å². The molecule has 7 heteroatoms. The normalized spacial score (nSPS) is 13.6. The number of nitro benzene ring substituents is 1. The molecule has 0 spiro atoms. The Morgan fingerprint density at radius 3 is 2.83 bits per heavy atom. The van der Waals surface area contributed by atoms with Gasteiger partial charge in [-0.15, -0.1) is 0 Å². The lowest BCUT2D eigenvalue weighted by Gasteiger charge is -2.28. The van der Waals surface area contributed by atoms with Gasteiger partial charge in [-0.25, -0.2) is 4.98 Å². The molecule has 1 aromatic heterocycles. The quantitative estimate of drug-likeness (QED) is 0.392. The van der Waals surface area contributed by atoms with E-state index in [4.69, 9.17) is 0 Å². The number of pyridine rings is 1. The fourth-order valence-corrected chi connectivity index (χ4v) is 3.77. The summed E-state index contributed by atoms with van der Waals surface area (Å²) in [6, 6.07) is 16.8. The molecule has 4 rings (SSSR count). The summed E-state index contributed by atoms with van der Waals surface area (Å²) in [6.07, 6.45) is 2.05. The van der Waals surface area contributed by atoms with Crippen LogP contribution in [0, 0.1) is 21.4 Å². The Kier molecular flexibility index (Phi) is 5.36. The first kappa shape index (κ1) is 18.8. The number of benzene rings is 2. The Bertz CT molecular complexity index is 1110. The molecule has 2 aromatic carbocycles. The largest absolute Gasteiger partial charge is 0.370 e. The van der Waals surface area contributed by atoms with Gasteiger partial charge in [0.05, 0.1) is 22.1 Å². The second kappa shape index (κ2) is 8.25. The number of hydrogen-bond donors (Lipinski definition) is 1. The van der Waals surface area contributed by atoms with Gasteiger partial charge in [0.25, 0.3) is 5.69 Å². The predicted octanol–water partition coefficient (Wildman–Crippen LogP) is 3.87. The van der Waals surface area contributed by atoms with E-state index in [0.29, 0.717) is 22.3 Å². The standard InChI is InChI=1S/C22H21N5O2/c23-14-18-12-22(25-21-7-6-19(27(28)29)13-20(18)21)24-9-3-10-26-11-8-16-4-1-2-5-17(16)15-26/h1-2,4-7,12-13H,3,8-11,15H2,(H,24,25). The van der Waals surface area contributed by atoms with Gasteiger partial charge in [0.15, 0.2) is 0 Å². The van der Waals surface area contributed by atoms with Gasteiger partial charge >= 0.3 is 0 Å². The minimum atomic E-state index is -0.467. The van der Waals surface area contributed by atoms with E-state index in [1.165, 1.54) is 23.3 Å². The summed E-state index contributed by atoms with van der Waals surface area (Å²) in [4.78, 5) is 17.5. The van der Waals surface area contributed by atoms with Crippen molar-refractivity contribution in [2.45, 2.75) is 19.4 Å². The highest BCUT2D eigenvalue weighted by atomic mass is 16.6. The van der Waals surface area contributed by atoms with Crippen LogP contribution in [0.5, 0.6) is 0 Å². The average molecular weight is 387 g/mol. The zero-order valence-electron chi connectivity index (χ0n) is 16.0. The van der Waals surface area contributed by atoms with E-state index in [0.717, 1.165) is 39.0 Å². The Morgan fingerprint density at radius 2 is 2.03 bits per heavy atom. The van der Waals surface area contributed by atoms with Gasteiger partial charge in [0.2, 0.25) is 0 Å². The van der Waals surface area contributed by atoms with Crippen LogP contribution in [0.25, 0.3) is 10.9 Å². The fourth-order valence-electron chi connectivity index (χ4n) is 3.77. The van der Waals surface area contributed by atoms with Gasteiger partial charge < -0.3 is 5.32 Å². The molecule has 29 heavy (non-hydrogen) atoms. The average Bonchev–Trinajstić information content (AvgIpc) is 2.75. The topological polar surface area (TPSA) is 95.1 Å². The van der Waals surface area contributed by atoms with E-state index in [2.05, 4.69) is 45.5 Å². The van der Waals surface area contributed by atoms with E-state index in [-0.39, 0.29) is 5.69 Å². The number of fused-ring (bicyclic) bond motifs is 2. The molecular weight excluding hydrogens is 366 g/mol. The van der Waals surface area contributed by atoms with Crippen molar-refractivity contribution in [1.82, 2.24) is 9.88 Å². The van der Waals surface area contributed by atoms with E-state index in [1.807, 2.05) is 0 Å². The molecule has 0 aliphatic carbocycles. The Hall–Kier alpha value is -3.50. The molecule has 2 heterocycles. The van der Waals surface area contributed by atoms with Crippen LogP contribution in [0.15, 0.2) is 48.5 Å². The number of nitriles is 1. The lowest BCUT2D eigenvalue weighted by Crippen LogP contribution is -2.32. The highest BCUT2D eigenvalue weighted by Gasteiger charge is 2.15. The monoisotopic (exact) mass is 387 g/mol. The van der Waals surface area contributed by atoms with Gasteiger partial charge in [-0.3, -0.25) is 15.0 Å². The van der Waals surface area contributed by atoms with Crippen molar-refractivity contribution >= 4 is 22.4 Å². The number of nitrogens with one attached hydrogen (secondary N) is 1. The smallest absolute Gasteiger partial charge is 0.270 e. The summed E-state index contributed by atoms with van der Waals surface area (Å²) in [6.45, 7) is 3.80. The number of hydrogen-bond acceptors (Lipinski definition) is 6. The van der Waals surface area contributed by atoms with Gasteiger partial charge in [-0.2, -0.15) is 5.26 Å². The number of aromatic nitrogens is 1. The highest BCUT2D eigenvalue weighted by molar-refractivity contribution is 5.88. The van der Waals surface area contributed by atoms with Crippen LogP contribution in [0.1, 0.15) is 23.1 Å². The van der Waals surface area contributed by atoms with Gasteiger partial charge in [0, 0.05) is 43.7 Å². The second-order valence-corrected chi connectivity index (χ2v) is 7.20. The molecule has 0 unspecified atom stereocenters. The molecule has 1 N–H and O–H groups in total. The maximum Gasteiger partial charge on any atom is 0.270 e.